The van der Waals surface area contributed by atoms with E-state index in [0.717, 1.165) is 12.8 Å². The number of carbonyl (C=O) groups is 1. The van der Waals surface area contributed by atoms with E-state index in [0.29, 0.717) is 6.42 Å². The minimum Gasteiger partial charge on any atom is -0.480 e. The Labute approximate surface area is 104 Å². The van der Waals surface area contributed by atoms with Crippen LogP contribution in [0.4, 0.5) is 0 Å². The molecule has 0 aliphatic rings. The van der Waals surface area contributed by atoms with Crippen molar-refractivity contribution in [1.82, 2.24) is 0 Å². The highest BCUT2D eigenvalue weighted by Crippen LogP contribution is 2.21. The zero-order chi connectivity index (χ0) is 13.1. The van der Waals surface area contributed by atoms with Crippen LogP contribution in [0.5, 0.6) is 0 Å². The van der Waals surface area contributed by atoms with E-state index < -0.39 is 19.3 Å². The number of carboxylic acids is 1. The zero-order valence-corrected chi connectivity index (χ0v) is 11.5. The first kappa shape index (κ1) is 16.4. The smallest absolute Gasteiger partial charge is 0.330 e. The Hall–Kier alpha value is -0.630. The molecule has 1 unspecified atom stereocenters. The van der Waals surface area contributed by atoms with Gasteiger partial charge in [-0.3, -0.25) is 4.79 Å². The molecule has 0 aliphatic carbocycles. The van der Waals surface area contributed by atoms with Crippen molar-refractivity contribution in [2.24, 2.45) is 0 Å². The maximum absolute atomic E-state index is 10.6. The van der Waals surface area contributed by atoms with Crippen LogP contribution in [0.25, 0.3) is 0 Å². The molecule has 17 heavy (non-hydrogen) atoms. The van der Waals surface area contributed by atoms with E-state index in [1.54, 1.807) is 0 Å². The molecule has 4 nitrogen and oxygen atoms in total. The molecule has 5 heteroatoms. The van der Waals surface area contributed by atoms with E-state index in [4.69, 9.17) is 5.11 Å². The van der Waals surface area contributed by atoms with Gasteiger partial charge in [-0.2, -0.15) is 0 Å². The molecule has 0 fully saturated rings. The van der Waals surface area contributed by atoms with Crippen molar-refractivity contribution in [3.05, 3.63) is 0 Å². The molecule has 0 radical (unpaired) electrons. The highest BCUT2D eigenvalue weighted by atomic mass is 31.1. The summed E-state index contributed by atoms with van der Waals surface area (Å²) in [6.07, 6.45) is 9.12. The van der Waals surface area contributed by atoms with Crippen LogP contribution in [0.2, 0.25) is 0 Å². The van der Waals surface area contributed by atoms with Crippen molar-refractivity contribution in [3.63, 3.8) is 0 Å². The lowest BCUT2D eigenvalue weighted by Gasteiger charge is -2.03. The fourth-order valence-corrected chi connectivity index (χ4v) is 2.36. The average Bonchev–Trinajstić information content (AvgIpc) is 2.26. The molecule has 1 atom stereocenters. The van der Waals surface area contributed by atoms with Crippen LogP contribution in [0, 0.1) is 0 Å². The van der Waals surface area contributed by atoms with E-state index in [9.17, 15) is 13.9 Å². The molecule has 0 aliphatic heterocycles. The number of unbranched alkanes of at least 4 members (excludes halogenated alkanes) is 7. The third kappa shape index (κ3) is 9.11. The fraction of sp³-hybridized carbons (Fsp3) is 0.917. The quantitative estimate of drug-likeness (QED) is 0.448. The van der Waals surface area contributed by atoms with Gasteiger partial charge in [-0.05, 0) is 6.42 Å². The average molecular weight is 262 g/mol. The summed E-state index contributed by atoms with van der Waals surface area (Å²) in [6, 6.07) is 0. The van der Waals surface area contributed by atoms with Crippen molar-refractivity contribution in [2.45, 2.75) is 70.4 Å². The second kappa shape index (κ2) is 10.5. The maximum Gasteiger partial charge on any atom is 0.330 e. The molecular weight excluding hydrogens is 239 g/mol. The van der Waals surface area contributed by atoms with Crippen LogP contribution in [-0.4, -0.2) is 16.7 Å². The molecule has 0 aromatic rings. The molecule has 1 N–H and O–H groups in total. The molecule has 0 saturated heterocycles. The van der Waals surface area contributed by atoms with Crippen LogP contribution in [-0.2, 0) is 13.9 Å². The van der Waals surface area contributed by atoms with Gasteiger partial charge >= 0.3 is 13.6 Å². The summed E-state index contributed by atoms with van der Waals surface area (Å²) in [4.78, 5) is 10.6. The first-order valence-corrected chi connectivity index (χ1v) is 7.70. The Morgan fingerprint density at radius 1 is 1.00 bits per heavy atom. The number of aliphatic carboxylic acids is 1. The van der Waals surface area contributed by atoms with Crippen molar-refractivity contribution in [3.8, 4) is 0 Å². The molecule has 0 aromatic carbocycles. The number of hydrogen-bond donors (Lipinski definition) is 1. The van der Waals surface area contributed by atoms with Gasteiger partial charge in [0.15, 0.2) is 5.66 Å². The van der Waals surface area contributed by atoms with Crippen molar-refractivity contribution >= 4 is 13.6 Å². The standard InChI is InChI=1S/C12H23O4P/c1-2-3-4-5-6-7-8-9-10-11(12(13)14)17(15)16/h11H,2-10H2,1H3,(H,13,14). The minimum absolute atomic E-state index is 0.253. The van der Waals surface area contributed by atoms with Crippen molar-refractivity contribution in [2.75, 3.05) is 0 Å². The van der Waals surface area contributed by atoms with Crippen LogP contribution in [0.3, 0.4) is 0 Å². The van der Waals surface area contributed by atoms with E-state index in [1.807, 2.05) is 0 Å². The molecule has 0 bridgehead atoms. The largest absolute Gasteiger partial charge is 0.480 e. The second-order valence-electron chi connectivity index (χ2n) is 4.40. The lowest BCUT2D eigenvalue weighted by Crippen LogP contribution is -2.14. The molecule has 0 amide bonds. The molecule has 0 rings (SSSR count). The van der Waals surface area contributed by atoms with Gasteiger partial charge in [0.2, 0.25) is 0 Å². The molecular formula is C12H23O4P. The van der Waals surface area contributed by atoms with Gasteiger partial charge < -0.3 is 5.11 Å². The van der Waals surface area contributed by atoms with Gasteiger partial charge in [-0.1, -0.05) is 58.3 Å². The van der Waals surface area contributed by atoms with Crippen molar-refractivity contribution < 1.29 is 19.0 Å². The van der Waals surface area contributed by atoms with E-state index >= 15 is 0 Å². The maximum atomic E-state index is 10.6. The summed E-state index contributed by atoms with van der Waals surface area (Å²) in [5.41, 5.74) is -1.19. The van der Waals surface area contributed by atoms with Gasteiger partial charge in [0.1, 0.15) is 0 Å². The third-order valence-electron chi connectivity index (χ3n) is 2.87. The Kier molecular flexibility index (Phi) is 10.1. The first-order chi connectivity index (χ1) is 8.09. The summed E-state index contributed by atoms with van der Waals surface area (Å²) in [7, 11) is -2.84. The Morgan fingerprint density at radius 3 is 1.88 bits per heavy atom. The van der Waals surface area contributed by atoms with Gasteiger partial charge in [0.25, 0.3) is 0 Å². The van der Waals surface area contributed by atoms with E-state index in [-0.39, 0.29) is 6.42 Å². The topological polar surface area (TPSA) is 71.4 Å². The molecule has 0 saturated carbocycles. The predicted molar refractivity (Wildman–Crippen MR) is 66.9 cm³/mol. The summed E-state index contributed by atoms with van der Waals surface area (Å²) >= 11 is 0. The van der Waals surface area contributed by atoms with Crippen LogP contribution in [0.1, 0.15) is 64.7 Å². The number of rotatable bonds is 11. The zero-order valence-electron chi connectivity index (χ0n) is 10.6. The molecule has 0 spiro atoms. The fourth-order valence-electron chi connectivity index (χ4n) is 1.79. The van der Waals surface area contributed by atoms with Crippen molar-refractivity contribution in [1.29, 1.82) is 0 Å². The third-order valence-corrected chi connectivity index (χ3v) is 3.86. The number of carboxylic acid groups (broad SMARTS) is 1. The minimum atomic E-state index is -2.84. The molecule has 100 valence electrons. The summed E-state index contributed by atoms with van der Waals surface area (Å²) in [5.74, 6) is -1.22. The molecule has 0 heterocycles. The van der Waals surface area contributed by atoms with Gasteiger partial charge in [-0.25, -0.2) is 9.13 Å². The highest BCUT2D eigenvalue weighted by Gasteiger charge is 2.22. The normalized spacial score (nSPS) is 12.3. The summed E-state index contributed by atoms with van der Waals surface area (Å²) < 4.78 is 21.3. The first-order valence-electron chi connectivity index (χ1n) is 6.46. The van der Waals surface area contributed by atoms with Gasteiger partial charge in [0, 0.05) is 0 Å². The Morgan fingerprint density at radius 2 is 1.47 bits per heavy atom. The second-order valence-corrected chi connectivity index (χ2v) is 5.60. The monoisotopic (exact) mass is 262 g/mol. The van der Waals surface area contributed by atoms with E-state index in [1.165, 1.54) is 32.1 Å². The lowest BCUT2D eigenvalue weighted by molar-refractivity contribution is -0.136. The molecule has 0 aromatic heterocycles. The van der Waals surface area contributed by atoms with Gasteiger partial charge in [-0.15, -0.1) is 0 Å². The SMILES string of the molecule is CCCCCCCCCCC(C(=O)O)P(=O)=O. The number of hydrogen-bond acceptors (Lipinski definition) is 3. The highest BCUT2D eigenvalue weighted by molar-refractivity contribution is 7.33. The Bertz CT molecular complexity index is 266. The Balaban J connectivity index is 3.46. The van der Waals surface area contributed by atoms with E-state index in [2.05, 4.69) is 6.92 Å². The summed E-state index contributed by atoms with van der Waals surface area (Å²) in [6.45, 7) is 2.18. The predicted octanol–water partition coefficient (Wildman–Crippen LogP) is 4.14. The van der Waals surface area contributed by atoms with Crippen LogP contribution < -0.4 is 0 Å². The van der Waals surface area contributed by atoms with Gasteiger partial charge in [0.05, 0.1) is 0 Å². The van der Waals surface area contributed by atoms with Crippen LogP contribution in [0.15, 0.2) is 0 Å². The van der Waals surface area contributed by atoms with Crippen LogP contribution >= 0.6 is 7.68 Å². The summed E-state index contributed by atoms with van der Waals surface area (Å²) in [5, 5.41) is 8.66. The lowest BCUT2D eigenvalue weighted by atomic mass is 10.1.